The molecule has 1 aromatic carbocycles. The molecule has 0 fully saturated rings. The van der Waals surface area contributed by atoms with Crippen molar-refractivity contribution in [2.24, 2.45) is 4.99 Å². The predicted octanol–water partition coefficient (Wildman–Crippen LogP) is 2.27. The number of aliphatic imine (C=N–C) groups is 1. The van der Waals surface area contributed by atoms with Gasteiger partial charge in [0.25, 0.3) is 5.56 Å². The van der Waals surface area contributed by atoms with Crippen LogP contribution in [-0.4, -0.2) is 40.1 Å². The van der Waals surface area contributed by atoms with E-state index in [-0.39, 0.29) is 38.3 Å². The highest BCUT2D eigenvalue weighted by atomic mass is 32.2. The van der Waals surface area contributed by atoms with E-state index in [1.165, 1.54) is 29.7 Å². The van der Waals surface area contributed by atoms with Gasteiger partial charge in [-0.15, -0.1) is 0 Å². The molecule has 140 valence electrons. The molecule has 2 aromatic rings. The van der Waals surface area contributed by atoms with Crippen LogP contribution in [0.25, 0.3) is 0 Å². The molecule has 1 heterocycles. The van der Waals surface area contributed by atoms with Gasteiger partial charge in [0, 0.05) is 12.8 Å². The molecule has 0 aliphatic carbocycles. The summed E-state index contributed by atoms with van der Waals surface area (Å²) in [7, 11) is -3.48. The largest absolute Gasteiger partial charge is 0.506 e. The Kier molecular flexibility index (Phi) is 5.98. The molecule has 3 N–H and O–H groups in total. The summed E-state index contributed by atoms with van der Waals surface area (Å²) in [6.07, 6.45) is 1.74. The van der Waals surface area contributed by atoms with Crippen molar-refractivity contribution in [3.8, 4) is 11.6 Å². The normalized spacial score (nSPS) is 11.9. The number of benzene rings is 1. The highest BCUT2D eigenvalue weighted by Crippen LogP contribution is 2.29. The summed E-state index contributed by atoms with van der Waals surface area (Å²) >= 11 is 5.02. The minimum Gasteiger partial charge on any atom is -0.506 e. The molecule has 0 aliphatic heterocycles. The molecule has 0 unspecified atom stereocenters. The van der Waals surface area contributed by atoms with E-state index in [0.29, 0.717) is 13.0 Å². The van der Waals surface area contributed by atoms with Crippen molar-refractivity contribution >= 4 is 34.0 Å². The van der Waals surface area contributed by atoms with Crippen LogP contribution in [0.5, 0.6) is 11.6 Å². The minimum absolute atomic E-state index is 0.00466. The van der Waals surface area contributed by atoms with Gasteiger partial charge in [-0.3, -0.25) is 19.3 Å². The van der Waals surface area contributed by atoms with Gasteiger partial charge in [-0.2, -0.15) is 0 Å². The molecule has 0 radical (unpaired) electrons. The van der Waals surface area contributed by atoms with Gasteiger partial charge in [0.2, 0.25) is 5.88 Å². The molecule has 0 spiro atoms. The number of aromatic amines is 1. The lowest BCUT2D eigenvalue weighted by atomic mass is 10.3. The van der Waals surface area contributed by atoms with E-state index in [2.05, 4.69) is 9.98 Å². The molecule has 0 bridgehead atoms. The minimum atomic E-state index is -3.48. The number of aromatic nitrogens is 2. The number of phenolic OH excluding ortho intramolecular Hbond substituents is 1. The van der Waals surface area contributed by atoms with Gasteiger partial charge in [0.15, 0.2) is 14.6 Å². The van der Waals surface area contributed by atoms with Crippen LogP contribution >= 0.6 is 12.2 Å². The Morgan fingerprint density at radius 3 is 2.62 bits per heavy atom. The first kappa shape index (κ1) is 19.9. The lowest BCUT2D eigenvalue weighted by molar-refractivity contribution is 0.402. The van der Waals surface area contributed by atoms with Gasteiger partial charge in [-0.1, -0.05) is 13.8 Å². The Morgan fingerprint density at radius 2 is 2.00 bits per heavy atom. The van der Waals surface area contributed by atoms with Crippen molar-refractivity contribution in [2.75, 3.05) is 5.75 Å². The van der Waals surface area contributed by atoms with Crippen LogP contribution in [0, 0.1) is 4.77 Å². The molecule has 0 saturated carbocycles. The van der Waals surface area contributed by atoms with E-state index in [4.69, 9.17) is 12.2 Å². The molecule has 0 saturated heterocycles. The third-order valence-corrected chi connectivity index (χ3v) is 5.73. The quantitative estimate of drug-likeness (QED) is 0.507. The summed E-state index contributed by atoms with van der Waals surface area (Å²) < 4.78 is 25.4. The maximum atomic E-state index is 12.1. The standard InChI is InChI=1S/C16H19N3O5S2/c1-3-7-19-15(22)11(14(21)18-16(19)25)9-17-12-8-10(5-6-13(12)20)26(23,24)4-2/h5-6,8-9,20,22H,3-4,7H2,1-2H3,(H,18,21,25). The van der Waals surface area contributed by atoms with Crippen molar-refractivity contribution < 1.29 is 18.6 Å². The number of nitrogens with zero attached hydrogens (tertiary/aromatic N) is 2. The fourth-order valence-corrected chi connectivity index (χ4v) is 3.39. The van der Waals surface area contributed by atoms with Crippen LogP contribution < -0.4 is 5.56 Å². The van der Waals surface area contributed by atoms with Crippen LogP contribution in [-0.2, 0) is 16.4 Å². The van der Waals surface area contributed by atoms with Crippen LogP contribution in [0.1, 0.15) is 25.8 Å². The molecule has 0 atom stereocenters. The summed E-state index contributed by atoms with van der Waals surface area (Å²) in [5.41, 5.74) is -0.821. The van der Waals surface area contributed by atoms with E-state index < -0.39 is 15.4 Å². The monoisotopic (exact) mass is 397 g/mol. The summed E-state index contributed by atoms with van der Waals surface area (Å²) in [4.78, 5) is 18.5. The fourth-order valence-electron chi connectivity index (χ4n) is 2.22. The van der Waals surface area contributed by atoms with Gasteiger partial charge in [0.1, 0.15) is 17.0 Å². The highest BCUT2D eigenvalue weighted by molar-refractivity contribution is 7.91. The summed E-state index contributed by atoms with van der Waals surface area (Å²) in [6, 6.07) is 3.69. The first-order valence-corrected chi connectivity index (χ1v) is 9.93. The second-order valence-corrected chi connectivity index (χ2v) is 8.13. The Hall–Kier alpha value is -2.46. The van der Waals surface area contributed by atoms with Crippen molar-refractivity contribution in [2.45, 2.75) is 31.7 Å². The molecule has 2 rings (SSSR count). The second kappa shape index (κ2) is 7.83. The smallest absolute Gasteiger partial charge is 0.264 e. The molecular formula is C16H19N3O5S2. The lowest BCUT2D eigenvalue weighted by Gasteiger charge is -2.09. The van der Waals surface area contributed by atoms with E-state index in [1.807, 2.05) is 6.92 Å². The van der Waals surface area contributed by atoms with E-state index in [1.54, 1.807) is 0 Å². The number of rotatable bonds is 6. The number of hydrogen-bond donors (Lipinski definition) is 3. The molecule has 0 amide bonds. The summed E-state index contributed by atoms with van der Waals surface area (Å²) in [5.74, 6) is -0.701. The molecule has 1 aromatic heterocycles. The van der Waals surface area contributed by atoms with Crippen molar-refractivity contribution in [1.29, 1.82) is 0 Å². The molecule has 26 heavy (non-hydrogen) atoms. The Balaban J connectivity index is 2.55. The van der Waals surface area contributed by atoms with Gasteiger partial charge in [0.05, 0.1) is 10.6 Å². The van der Waals surface area contributed by atoms with Gasteiger partial charge in [-0.05, 0) is 36.8 Å². The maximum absolute atomic E-state index is 12.1. The zero-order valence-electron chi connectivity index (χ0n) is 14.3. The maximum Gasteiger partial charge on any atom is 0.264 e. The average Bonchev–Trinajstić information content (AvgIpc) is 2.59. The van der Waals surface area contributed by atoms with Crippen molar-refractivity contribution in [3.05, 3.63) is 38.9 Å². The number of phenols is 1. The van der Waals surface area contributed by atoms with Gasteiger partial charge < -0.3 is 10.2 Å². The Labute approximate surface area is 155 Å². The molecule has 0 aliphatic rings. The third kappa shape index (κ3) is 4.02. The van der Waals surface area contributed by atoms with Crippen LogP contribution in [0.15, 0.2) is 32.9 Å². The van der Waals surface area contributed by atoms with E-state index >= 15 is 0 Å². The number of aromatic hydroxyl groups is 2. The first-order chi connectivity index (χ1) is 12.2. The number of sulfone groups is 1. The van der Waals surface area contributed by atoms with E-state index in [9.17, 15) is 23.4 Å². The SMILES string of the molecule is CCCn1c(O)c(C=Nc2cc(S(=O)(=O)CC)ccc2O)c(=O)[nH]c1=S. The molecule has 10 heteroatoms. The average molecular weight is 397 g/mol. The van der Waals surface area contributed by atoms with Gasteiger partial charge in [-0.25, -0.2) is 8.42 Å². The summed E-state index contributed by atoms with van der Waals surface area (Å²) in [5, 5.41) is 20.2. The predicted molar refractivity (Wildman–Crippen MR) is 101 cm³/mol. The fraction of sp³-hybridized carbons (Fsp3) is 0.312. The van der Waals surface area contributed by atoms with Crippen LogP contribution in [0.2, 0.25) is 0 Å². The topological polar surface area (TPSA) is 125 Å². The van der Waals surface area contributed by atoms with Crippen molar-refractivity contribution in [3.63, 3.8) is 0 Å². The zero-order valence-corrected chi connectivity index (χ0v) is 15.9. The number of nitrogens with one attached hydrogen (secondary N) is 1. The Morgan fingerprint density at radius 1 is 1.31 bits per heavy atom. The zero-order chi connectivity index (χ0) is 19.5. The first-order valence-electron chi connectivity index (χ1n) is 7.87. The summed E-state index contributed by atoms with van der Waals surface area (Å²) in [6.45, 7) is 3.79. The highest BCUT2D eigenvalue weighted by Gasteiger charge is 2.14. The number of H-pyrrole nitrogens is 1. The van der Waals surface area contributed by atoms with Crippen LogP contribution in [0.4, 0.5) is 5.69 Å². The van der Waals surface area contributed by atoms with E-state index in [0.717, 1.165) is 6.21 Å². The second-order valence-electron chi connectivity index (χ2n) is 5.46. The number of hydrogen-bond acceptors (Lipinski definition) is 7. The van der Waals surface area contributed by atoms with Crippen LogP contribution in [0.3, 0.4) is 0 Å². The molecule has 8 nitrogen and oxygen atoms in total. The lowest BCUT2D eigenvalue weighted by Crippen LogP contribution is -2.18. The van der Waals surface area contributed by atoms with Gasteiger partial charge >= 0.3 is 0 Å². The molecular weight excluding hydrogens is 378 g/mol. The third-order valence-electron chi connectivity index (χ3n) is 3.67. The Bertz CT molecular complexity index is 1070. The van der Waals surface area contributed by atoms with Crippen molar-refractivity contribution in [1.82, 2.24) is 9.55 Å².